The highest BCUT2D eigenvalue weighted by molar-refractivity contribution is 5.85. The average Bonchev–Trinajstić information content (AvgIpc) is 3.10. The van der Waals surface area contributed by atoms with Crippen molar-refractivity contribution in [3.63, 3.8) is 0 Å². The third kappa shape index (κ3) is 7.64. The van der Waals surface area contributed by atoms with Gasteiger partial charge in [-0.2, -0.15) is 0 Å². The average molecular weight is 439 g/mol. The van der Waals surface area contributed by atoms with Crippen LogP contribution in [0.2, 0.25) is 0 Å². The summed E-state index contributed by atoms with van der Waals surface area (Å²) in [6.07, 6.45) is 14.9. The Bertz CT molecular complexity index is 566. The zero-order valence-electron chi connectivity index (χ0n) is 19.4. The highest BCUT2D eigenvalue weighted by Gasteiger charge is 2.47. The van der Waals surface area contributed by atoms with Gasteiger partial charge in [-0.1, -0.05) is 38.3 Å². The third-order valence-corrected chi connectivity index (χ3v) is 6.84. The predicted molar refractivity (Wildman–Crippen MR) is 119 cm³/mol. The fourth-order valence-corrected chi connectivity index (χ4v) is 4.82. The Balaban J connectivity index is 1.65. The zero-order valence-corrected chi connectivity index (χ0v) is 19.4. The molecule has 3 aliphatic rings. The van der Waals surface area contributed by atoms with Crippen molar-refractivity contribution >= 4 is 5.78 Å². The van der Waals surface area contributed by atoms with E-state index in [1.165, 1.54) is 19.8 Å². The first-order valence-electron chi connectivity index (χ1n) is 12.5. The Morgan fingerprint density at radius 1 is 1.10 bits per heavy atom. The minimum atomic E-state index is -1.32. The van der Waals surface area contributed by atoms with E-state index >= 15 is 0 Å². The van der Waals surface area contributed by atoms with Gasteiger partial charge in [-0.3, -0.25) is 4.79 Å². The summed E-state index contributed by atoms with van der Waals surface area (Å²) < 4.78 is 24.1. The van der Waals surface area contributed by atoms with Gasteiger partial charge in [0.2, 0.25) is 0 Å². The Kier molecular flexibility index (Phi) is 9.98. The van der Waals surface area contributed by atoms with Gasteiger partial charge >= 0.3 is 0 Å². The van der Waals surface area contributed by atoms with Crippen molar-refractivity contribution in [1.82, 2.24) is 0 Å². The van der Waals surface area contributed by atoms with Crippen LogP contribution in [0.1, 0.15) is 90.9 Å². The van der Waals surface area contributed by atoms with Crippen LogP contribution in [-0.4, -0.2) is 54.5 Å². The van der Waals surface area contributed by atoms with Crippen molar-refractivity contribution in [3.05, 3.63) is 12.2 Å². The summed E-state index contributed by atoms with van der Waals surface area (Å²) in [4.78, 5) is 12.1. The molecule has 1 aliphatic carbocycles. The molecule has 6 atom stereocenters. The van der Waals surface area contributed by atoms with Crippen molar-refractivity contribution in [2.75, 3.05) is 13.2 Å². The molecule has 0 aromatic heterocycles. The second-order valence-corrected chi connectivity index (χ2v) is 9.48. The Hall–Kier alpha value is -0.790. The molecule has 0 spiro atoms. The molecule has 2 heterocycles. The van der Waals surface area contributed by atoms with Gasteiger partial charge in [0, 0.05) is 25.6 Å². The molecule has 2 aliphatic heterocycles. The molecular formula is C25H42O6. The first kappa shape index (κ1) is 24.8. The van der Waals surface area contributed by atoms with E-state index in [1.54, 1.807) is 0 Å². The number of Topliss-reactive ketones (excluding diaryl/α,β-unsaturated/α-hetero) is 1. The number of carbonyl (C=O) groups excluding carboxylic acids is 1. The predicted octanol–water partition coefficient (Wildman–Crippen LogP) is 4.68. The maximum absolute atomic E-state index is 12.1. The fourth-order valence-electron chi connectivity index (χ4n) is 4.82. The molecule has 2 saturated heterocycles. The topological polar surface area (TPSA) is 74.2 Å². The van der Waals surface area contributed by atoms with Crippen LogP contribution in [0.3, 0.4) is 0 Å². The van der Waals surface area contributed by atoms with Crippen molar-refractivity contribution < 1.29 is 28.8 Å². The Morgan fingerprint density at radius 2 is 1.81 bits per heavy atom. The molecule has 1 saturated carbocycles. The third-order valence-electron chi connectivity index (χ3n) is 6.84. The molecule has 0 bridgehead atoms. The van der Waals surface area contributed by atoms with Crippen LogP contribution in [0.15, 0.2) is 12.2 Å². The minimum Gasteiger partial charge on any atom is -0.382 e. The number of aliphatic hydroxyl groups is 1. The fraction of sp³-hybridized carbons (Fsp3) is 0.880. The van der Waals surface area contributed by atoms with Crippen molar-refractivity contribution in [1.29, 1.82) is 0 Å². The summed E-state index contributed by atoms with van der Waals surface area (Å²) in [7, 11) is 0. The molecule has 2 unspecified atom stereocenters. The summed E-state index contributed by atoms with van der Waals surface area (Å²) in [6, 6.07) is 0. The standard InChI is InChI=1S/C25H42O6/c1-3-4-5-10-21(30-23-11-6-8-15-28-23)14-13-20-17-25(27,19(2)26)18-22(20)31-24-12-7-9-16-29-24/h13-14,20-24,27H,3-12,15-18H2,1-2H3/t20-,21+,22-,23?,24?,25+/m1/s1. The van der Waals surface area contributed by atoms with Gasteiger partial charge in [-0.25, -0.2) is 0 Å². The lowest BCUT2D eigenvalue weighted by Crippen LogP contribution is -2.35. The Morgan fingerprint density at radius 3 is 2.42 bits per heavy atom. The summed E-state index contributed by atoms with van der Waals surface area (Å²) in [5.41, 5.74) is -1.32. The summed E-state index contributed by atoms with van der Waals surface area (Å²) >= 11 is 0. The van der Waals surface area contributed by atoms with Crippen LogP contribution < -0.4 is 0 Å². The number of rotatable bonds is 11. The number of carbonyl (C=O) groups is 1. The molecular weight excluding hydrogens is 396 g/mol. The first-order chi connectivity index (χ1) is 15.0. The van der Waals surface area contributed by atoms with E-state index in [1.807, 2.05) is 0 Å². The number of hydrogen-bond donors (Lipinski definition) is 1. The van der Waals surface area contributed by atoms with Crippen molar-refractivity contribution in [3.8, 4) is 0 Å². The van der Waals surface area contributed by atoms with E-state index < -0.39 is 5.60 Å². The van der Waals surface area contributed by atoms with Crippen LogP contribution in [0.25, 0.3) is 0 Å². The van der Waals surface area contributed by atoms with Crippen molar-refractivity contribution in [2.45, 2.75) is 121 Å². The van der Waals surface area contributed by atoms with Gasteiger partial charge in [0.15, 0.2) is 18.4 Å². The lowest BCUT2D eigenvalue weighted by molar-refractivity contribution is -0.194. The van der Waals surface area contributed by atoms with Crippen LogP contribution in [0, 0.1) is 5.92 Å². The SMILES string of the molecule is CCCCC[C@@H](C=C[C@@H]1C[C@@](O)(C(C)=O)C[C@H]1OC1CCCCO1)OC1CCCCO1. The quantitative estimate of drug-likeness (QED) is 0.373. The van der Waals surface area contributed by atoms with Gasteiger partial charge in [0.1, 0.15) is 5.60 Å². The second-order valence-electron chi connectivity index (χ2n) is 9.48. The van der Waals surface area contributed by atoms with Gasteiger partial charge < -0.3 is 24.1 Å². The van der Waals surface area contributed by atoms with E-state index in [2.05, 4.69) is 19.1 Å². The van der Waals surface area contributed by atoms with Gasteiger partial charge in [0.25, 0.3) is 0 Å². The van der Waals surface area contributed by atoms with Gasteiger partial charge in [0.05, 0.1) is 12.2 Å². The maximum Gasteiger partial charge on any atom is 0.161 e. The van der Waals surface area contributed by atoms with Crippen LogP contribution >= 0.6 is 0 Å². The van der Waals surface area contributed by atoms with E-state index in [-0.39, 0.29) is 36.5 Å². The zero-order chi connectivity index (χ0) is 22.1. The van der Waals surface area contributed by atoms with Crippen LogP contribution in [0.4, 0.5) is 0 Å². The van der Waals surface area contributed by atoms with Gasteiger partial charge in [-0.15, -0.1) is 0 Å². The minimum absolute atomic E-state index is 0.0211. The van der Waals surface area contributed by atoms with E-state index in [4.69, 9.17) is 18.9 Å². The monoisotopic (exact) mass is 438 g/mol. The molecule has 0 amide bonds. The number of ether oxygens (including phenoxy) is 4. The maximum atomic E-state index is 12.1. The highest BCUT2D eigenvalue weighted by atomic mass is 16.7. The Labute approximate surface area is 187 Å². The smallest absolute Gasteiger partial charge is 0.161 e. The second kappa shape index (κ2) is 12.4. The largest absolute Gasteiger partial charge is 0.382 e. The molecule has 0 aromatic carbocycles. The molecule has 1 N–H and O–H groups in total. The van der Waals surface area contributed by atoms with E-state index in [0.717, 1.165) is 58.0 Å². The molecule has 3 rings (SSSR count). The molecule has 0 aromatic rings. The number of unbranched alkanes of at least 4 members (excludes halogenated alkanes) is 2. The lowest BCUT2D eigenvalue weighted by atomic mass is 9.95. The summed E-state index contributed by atoms with van der Waals surface area (Å²) in [5.74, 6) is -0.225. The summed E-state index contributed by atoms with van der Waals surface area (Å²) in [6.45, 7) is 5.15. The van der Waals surface area contributed by atoms with Crippen molar-refractivity contribution in [2.24, 2.45) is 5.92 Å². The highest BCUT2D eigenvalue weighted by Crippen LogP contribution is 2.39. The lowest BCUT2D eigenvalue weighted by Gasteiger charge is -2.28. The van der Waals surface area contributed by atoms with Crippen LogP contribution in [0.5, 0.6) is 0 Å². The molecule has 178 valence electrons. The molecule has 6 nitrogen and oxygen atoms in total. The van der Waals surface area contributed by atoms with Crippen LogP contribution in [-0.2, 0) is 23.7 Å². The normalized spacial score (nSPS) is 35.5. The molecule has 6 heteroatoms. The summed E-state index contributed by atoms with van der Waals surface area (Å²) in [5, 5.41) is 10.9. The molecule has 0 radical (unpaired) electrons. The van der Waals surface area contributed by atoms with E-state index in [0.29, 0.717) is 19.4 Å². The first-order valence-corrected chi connectivity index (χ1v) is 12.5. The van der Waals surface area contributed by atoms with Gasteiger partial charge in [-0.05, 0) is 58.3 Å². The number of hydrogen-bond acceptors (Lipinski definition) is 6. The molecule has 31 heavy (non-hydrogen) atoms. The number of ketones is 1. The van der Waals surface area contributed by atoms with E-state index in [9.17, 15) is 9.90 Å². The molecule has 3 fully saturated rings.